The Morgan fingerprint density at radius 2 is 2.00 bits per heavy atom. The van der Waals surface area contributed by atoms with E-state index in [9.17, 15) is 4.79 Å². The summed E-state index contributed by atoms with van der Waals surface area (Å²) in [7, 11) is 3.22. The van der Waals surface area contributed by atoms with Crippen molar-refractivity contribution in [2.45, 2.75) is 20.3 Å². The maximum atomic E-state index is 11.8. The smallest absolute Gasteiger partial charge is 0.225 e. The van der Waals surface area contributed by atoms with Gasteiger partial charge in [-0.15, -0.1) is 11.3 Å². The molecule has 0 fully saturated rings. The normalized spacial score (nSPS) is 10.4. The molecule has 0 saturated heterocycles. The number of aryl methyl sites for hydroxylation is 1. The van der Waals surface area contributed by atoms with Crippen molar-refractivity contribution in [1.29, 1.82) is 0 Å². The standard InChI is InChI=1S/C16H20N2O3S/c1-11-10-22-16(17-11)18(12(2)19)8-7-13-5-6-14(20-3)15(9-13)21-4/h5-6,9-10H,7-8H2,1-4H3. The molecule has 0 saturated carbocycles. The molecule has 2 aromatic rings. The van der Waals surface area contributed by atoms with Crippen LogP contribution in [0.4, 0.5) is 5.13 Å². The molecule has 6 heteroatoms. The van der Waals surface area contributed by atoms with Crippen LogP contribution in [0.25, 0.3) is 0 Å². The largest absolute Gasteiger partial charge is 0.493 e. The Bertz CT molecular complexity index is 655. The molecule has 0 atom stereocenters. The molecule has 5 nitrogen and oxygen atoms in total. The van der Waals surface area contributed by atoms with E-state index in [0.717, 1.165) is 22.8 Å². The molecule has 0 spiro atoms. The molecule has 2 rings (SSSR count). The second kappa shape index (κ2) is 7.26. The van der Waals surface area contributed by atoms with Crippen molar-refractivity contribution in [3.8, 4) is 11.5 Å². The van der Waals surface area contributed by atoms with Gasteiger partial charge >= 0.3 is 0 Å². The fourth-order valence-corrected chi connectivity index (χ4v) is 3.00. The second-order valence-corrected chi connectivity index (χ2v) is 5.72. The van der Waals surface area contributed by atoms with Gasteiger partial charge in [-0.05, 0) is 31.0 Å². The lowest BCUT2D eigenvalue weighted by Gasteiger charge is -2.18. The molecule has 0 aliphatic rings. The Hall–Kier alpha value is -2.08. The van der Waals surface area contributed by atoms with Crippen molar-refractivity contribution < 1.29 is 14.3 Å². The first-order chi connectivity index (χ1) is 10.5. The molecular formula is C16H20N2O3S. The number of aromatic nitrogens is 1. The van der Waals surface area contributed by atoms with Crippen molar-refractivity contribution in [2.75, 3.05) is 25.7 Å². The highest BCUT2D eigenvalue weighted by Gasteiger charge is 2.15. The maximum Gasteiger partial charge on any atom is 0.225 e. The molecule has 118 valence electrons. The molecule has 0 unspecified atom stereocenters. The number of carbonyl (C=O) groups excluding carboxylic acids is 1. The number of methoxy groups -OCH3 is 2. The minimum absolute atomic E-state index is 0.00479. The highest BCUT2D eigenvalue weighted by atomic mass is 32.1. The summed E-state index contributed by atoms with van der Waals surface area (Å²) in [5.41, 5.74) is 2.01. The van der Waals surface area contributed by atoms with Gasteiger partial charge in [-0.25, -0.2) is 4.98 Å². The van der Waals surface area contributed by atoms with Gasteiger partial charge in [0.25, 0.3) is 0 Å². The summed E-state index contributed by atoms with van der Waals surface area (Å²) in [6, 6.07) is 5.79. The number of nitrogens with zero attached hydrogens (tertiary/aromatic N) is 2. The molecule has 22 heavy (non-hydrogen) atoms. The maximum absolute atomic E-state index is 11.8. The zero-order valence-corrected chi connectivity index (χ0v) is 14.1. The minimum Gasteiger partial charge on any atom is -0.493 e. The van der Waals surface area contributed by atoms with Gasteiger partial charge in [-0.3, -0.25) is 9.69 Å². The molecule has 1 amide bonds. The van der Waals surface area contributed by atoms with E-state index in [4.69, 9.17) is 9.47 Å². The van der Waals surface area contributed by atoms with E-state index in [1.165, 1.54) is 11.3 Å². The molecule has 0 radical (unpaired) electrons. The van der Waals surface area contributed by atoms with Crippen LogP contribution in [0.1, 0.15) is 18.2 Å². The number of amides is 1. The van der Waals surface area contributed by atoms with Crippen LogP contribution in [-0.2, 0) is 11.2 Å². The average molecular weight is 320 g/mol. The van der Waals surface area contributed by atoms with Crippen molar-refractivity contribution in [3.63, 3.8) is 0 Å². The second-order valence-electron chi connectivity index (χ2n) is 4.88. The number of hydrogen-bond acceptors (Lipinski definition) is 5. The van der Waals surface area contributed by atoms with Gasteiger partial charge < -0.3 is 9.47 Å². The zero-order valence-electron chi connectivity index (χ0n) is 13.3. The van der Waals surface area contributed by atoms with Gasteiger partial charge in [0.1, 0.15) is 0 Å². The fourth-order valence-electron chi connectivity index (χ4n) is 2.13. The summed E-state index contributed by atoms with van der Waals surface area (Å²) in [5, 5.41) is 2.69. The molecule has 0 bridgehead atoms. The van der Waals surface area contributed by atoms with Gasteiger partial charge in [0.05, 0.1) is 19.9 Å². The summed E-state index contributed by atoms with van der Waals surface area (Å²) in [6.07, 6.45) is 0.721. The monoisotopic (exact) mass is 320 g/mol. The Morgan fingerprint density at radius 3 is 2.55 bits per heavy atom. The first kappa shape index (κ1) is 16.3. The Balaban J connectivity index is 2.11. The van der Waals surface area contributed by atoms with E-state index in [2.05, 4.69) is 4.98 Å². The van der Waals surface area contributed by atoms with E-state index in [1.807, 2.05) is 30.5 Å². The SMILES string of the molecule is COc1ccc(CCN(C(C)=O)c2nc(C)cs2)cc1OC. The Labute approximate surface area is 134 Å². The molecule has 1 heterocycles. The number of thiazole rings is 1. The summed E-state index contributed by atoms with van der Waals surface area (Å²) >= 11 is 1.48. The predicted molar refractivity (Wildman–Crippen MR) is 88.1 cm³/mol. The molecular weight excluding hydrogens is 300 g/mol. The lowest BCUT2D eigenvalue weighted by Crippen LogP contribution is -2.30. The van der Waals surface area contributed by atoms with E-state index in [0.29, 0.717) is 18.0 Å². The van der Waals surface area contributed by atoms with E-state index >= 15 is 0 Å². The van der Waals surface area contributed by atoms with Crippen LogP contribution in [0.15, 0.2) is 23.6 Å². The molecule has 0 aliphatic heterocycles. The molecule has 0 N–H and O–H groups in total. The summed E-state index contributed by atoms with van der Waals surface area (Å²) in [5.74, 6) is 1.39. The van der Waals surface area contributed by atoms with Crippen LogP contribution in [0.3, 0.4) is 0 Å². The number of carbonyl (C=O) groups is 1. The van der Waals surface area contributed by atoms with Gasteiger partial charge in [0.2, 0.25) is 5.91 Å². The van der Waals surface area contributed by atoms with E-state index in [-0.39, 0.29) is 5.91 Å². The van der Waals surface area contributed by atoms with Crippen LogP contribution in [-0.4, -0.2) is 31.7 Å². The highest BCUT2D eigenvalue weighted by Crippen LogP contribution is 2.28. The Kier molecular flexibility index (Phi) is 5.38. The van der Waals surface area contributed by atoms with Crippen LogP contribution in [0.2, 0.25) is 0 Å². The van der Waals surface area contributed by atoms with Crippen molar-refractivity contribution in [2.24, 2.45) is 0 Å². The van der Waals surface area contributed by atoms with E-state index in [1.54, 1.807) is 26.0 Å². The quantitative estimate of drug-likeness (QED) is 0.821. The van der Waals surface area contributed by atoms with Crippen LogP contribution in [0, 0.1) is 6.92 Å². The van der Waals surface area contributed by atoms with E-state index < -0.39 is 0 Å². The van der Waals surface area contributed by atoms with Crippen molar-refractivity contribution in [3.05, 3.63) is 34.8 Å². The number of hydrogen-bond donors (Lipinski definition) is 0. The highest BCUT2D eigenvalue weighted by molar-refractivity contribution is 7.14. The Morgan fingerprint density at radius 1 is 1.27 bits per heavy atom. The topological polar surface area (TPSA) is 51.7 Å². The van der Waals surface area contributed by atoms with Crippen LogP contribution >= 0.6 is 11.3 Å². The van der Waals surface area contributed by atoms with Crippen molar-refractivity contribution >= 4 is 22.4 Å². The number of benzene rings is 1. The number of rotatable bonds is 6. The first-order valence-corrected chi connectivity index (χ1v) is 7.84. The fraction of sp³-hybridized carbons (Fsp3) is 0.375. The average Bonchev–Trinajstić information content (AvgIpc) is 2.93. The van der Waals surface area contributed by atoms with Gasteiger partial charge in [-0.2, -0.15) is 0 Å². The molecule has 0 aliphatic carbocycles. The minimum atomic E-state index is -0.00479. The molecule has 1 aromatic heterocycles. The first-order valence-electron chi connectivity index (χ1n) is 6.96. The number of ether oxygens (including phenoxy) is 2. The van der Waals surface area contributed by atoms with Gasteiger partial charge in [-0.1, -0.05) is 6.07 Å². The van der Waals surface area contributed by atoms with Crippen LogP contribution < -0.4 is 14.4 Å². The lowest BCUT2D eigenvalue weighted by molar-refractivity contribution is -0.116. The van der Waals surface area contributed by atoms with Crippen LogP contribution in [0.5, 0.6) is 11.5 Å². The summed E-state index contributed by atoms with van der Waals surface area (Å²) in [4.78, 5) is 17.9. The summed E-state index contributed by atoms with van der Waals surface area (Å²) in [6.45, 7) is 4.07. The lowest BCUT2D eigenvalue weighted by atomic mass is 10.1. The third-order valence-corrected chi connectivity index (χ3v) is 4.27. The summed E-state index contributed by atoms with van der Waals surface area (Å²) < 4.78 is 10.5. The molecule has 1 aromatic carbocycles. The number of anilines is 1. The predicted octanol–water partition coefficient (Wildman–Crippen LogP) is 3.06. The van der Waals surface area contributed by atoms with Gasteiger partial charge in [0.15, 0.2) is 16.6 Å². The van der Waals surface area contributed by atoms with Gasteiger partial charge in [0, 0.05) is 18.8 Å². The third kappa shape index (κ3) is 3.76. The van der Waals surface area contributed by atoms with Crippen molar-refractivity contribution in [1.82, 2.24) is 4.98 Å². The third-order valence-electron chi connectivity index (χ3n) is 3.29. The zero-order chi connectivity index (χ0) is 16.1.